The molecule has 5 nitrogen and oxygen atoms in total. The van der Waals surface area contributed by atoms with Crippen molar-refractivity contribution in [3.05, 3.63) is 12.2 Å². The van der Waals surface area contributed by atoms with E-state index in [9.17, 15) is 14.7 Å². The van der Waals surface area contributed by atoms with Crippen LogP contribution in [0.1, 0.15) is 72.1 Å². The van der Waals surface area contributed by atoms with Crippen molar-refractivity contribution in [1.82, 2.24) is 5.32 Å². The number of ether oxygens (including phenoxy) is 1. The molecule has 1 amide bonds. The molecule has 0 aliphatic rings. The fraction of sp³-hybridized carbons (Fsp3) is 0.789. The van der Waals surface area contributed by atoms with Crippen molar-refractivity contribution in [3.63, 3.8) is 0 Å². The molecule has 0 bridgehead atoms. The van der Waals surface area contributed by atoms with Crippen LogP contribution in [-0.4, -0.2) is 36.2 Å². The summed E-state index contributed by atoms with van der Waals surface area (Å²) in [7, 11) is 1.31. The highest BCUT2D eigenvalue weighted by Gasteiger charge is 2.23. The third kappa shape index (κ3) is 12.1. The molecule has 140 valence electrons. The molecular weight excluding hydrogens is 306 g/mol. The minimum absolute atomic E-state index is 0.00817. The van der Waals surface area contributed by atoms with Crippen LogP contribution in [0.25, 0.3) is 0 Å². The zero-order valence-electron chi connectivity index (χ0n) is 15.7. The van der Waals surface area contributed by atoms with Gasteiger partial charge < -0.3 is 15.2 Å². The fourth-order valence-electron chi connectivity index (χ4n) is 2.44. The first kappa shape index (κ1) is 22.6. The summed E-state index contributed by atoms with van der Waals surface area (Å²) in [5, 5.41) is 12.6. The summed E-state index contributed by atoms with van der Waals surface area (Å²) in [5.74, 6) is -0.511. The average Bonchev–Trinajstić information content (AvgIpc) is 2.52. The molecule has 0 heterocycles. The second-order valence-corrected chi connectivity index (χ2v) is 6.69. The summed E-state index contributed by atoms with van der Waals surface area (Å²) < 4.78 is 4.71. The standard InChI is InChI=1S/C19H35NO4/c1-5-6-7-8-9-10-11-12-16(21)14-18(22)20-17(13-15(2)3)19(23)24-4/h10-11,15-17,21H,5-9,12-14H2,1-4H3,(H,20,22). The number of amides is 1. The topological polar surface area (TPSA) is 75.6 Å². The van der Waals surface area contributed by atoms with Crippen molar-refractivity contribution in [2.45, 2.75) is 84.3 Å². The average molecular weight is 341 g/mol. The smallest absolute Gasteiger partial charge is 0.328 e. The van der Waals surface area contributed by atoms with Gasteiger partial charge in [0, 0.05) is 0 Å². The van der Waals surface area contributed by atoms with E-state index in [1.807, 2.05) is 19.9 Å². The minimum Gasteiger partial charge on any atom is -0.467 e. The van der Waals surface area contributed by atoms with Crippen LogP contribution in [0, 0.1) is 5.92 Å². The maximum Gasteiger partial charge on any atom is 0.328 e. The number of hydrogen-bond donors (Lipinski definition) is 2. The summed E-state index contributed by atoms with van der Waals surface area (Å²) in [6.45, 7) is 6.13. The van der Waals surface area contributed by atoms with Crippen molar-refractivity contribution in [2.24, 2.45) is 5.92 Å². The summed E-state index contributed by atoms with van der Waals surface area (Å²) in [4.78, 5) is 23.6. The lowest BCUT2D eigenvalue weighted by molar-refractivity contribution is -0.145. The second kappa shape index (κ2) is 14.0. The number of aliphatic hydroxyl groups is 1. The molecule has 2 unspecified atom stereocenters. The van der Waals surface area contributed by atoms with Crippen molar-refractivity contribution in [2.75, 3.05) is 7.11 Å². The van der Waals surface area contributed by atoms with Gasteiger partial charge in [0.15, 0.2) is 0 Å². The van der Waals surface area contributed by atoms with Crippen LogP contribution in [0.2, 0.25) is 0 Å². The minimum atomic E-state index is -0.728. The van der Waals surface area contributed by atoms with Gasteiger partial charge in [0.05, 0.1) is 19.6 Å². The first-order valence-corrected chi connectivity index (χ1v) is 9.10. The number of carbonyl (C=O) groups excluding carboxylic acids is 2. The normalized spacial score (nSPS) is 13.9. The SMILES string of the molecule is CCCCCCC=CCC(O)CC(=O)NC(CC(C)C)C(=O)OC. The Bertz CT molecular complexity index is 380. The van der Waals surface area contributed by atoms with Gasteiger partial charge >= 0.3 is 5.97 Å². The van der Waals surface area contributed by atoms with Gasteiger partial charge in [-0.15, -0.1) is 0 Å². The summed E-state index contributed by atoms with van der Waals surface area (Å²) >= 11 is 0. The Balaban J connectivity index is 4.10. The zero-order chi connectivity index (χ0) is 18.4. The molecule has 0 radical (unpaired) electrons. The fourth-order valence-corrected chi connectivity index (χ4v) is 2.44. The first-order valence-electron chi connectivity index (χ1n) is 9.10. The van der Waals surface area contributed by atoms with Crippen LogP contribution >= 0.6 is 0 Å². The Labute approximate surface area is 146 Å². The van der Waals surface area contributed by atoms with E-state index in [1.165, 1.54) is 26.4 Å². The summed E-state index contributed by atoms with van der Waals surface area (Å²) in [5.41, 5.74) is 0. The summed E-state index contributed by atoms with van der Waals surface area (Å²) in [6.07, 6.45) is 10.1. The molecule has 5 heteroatoms. The third-order valence-electron chi connectivity index (χ3n) is 3.75. The van der Waals surface area contributed by atoms with Gasteiger partial charge in [-0.2, -0.15) is 0 Å². The molecule has 0 saturated heterocycles. The molecule has 0 spiro atoms. The lowest BCUT2D eigenvalue weighted by Crippen LogP contribution is -2.43. The zero-order valence-corrected chi connectivity index (χ0v) is 15.7. The van der Waals surface area contributed by atoms with Crippen LogP contribution in [-0.2, 0) is 14.3 Å². The number of esters is 1. The van der Waals surface area contributed by atoms with E-state index in [-0.39, 0.29) is 18.2 Å². The number of carbonyl (C=O) groups is 2. The molecule has 0 aromatic rings. The quantitative estimate of drug-likeness (QED) is 0.306. The van der Waals surface area contributed by atoms with Gasteiger partial charge in [-0.1, -0.05) is 52.2 Å². The van der Waals surface area contributed by atoms with Crippen molar-refractivity contribution in [3.8, 4) is 0 Å². The van der Waals surface area contributed by atoms with E-state index in [2.05, 4.69) is 18.3 Å². The van der Waals surface area contributed by atoms with Crippen LogP contribution in [0.15, 0.2) is 12.2 Å². The van der Waals surface area contributed by atoms with E-state index < -0.39 is 18.1 Å². The van der Waals surface area contributed by atoms with Crippen molar-refractivity contribution in [1.29, 1.82) is 0 Å². The number of rotatable bonds is 13. The third-order valence-corrected chi connectivity index (χ3v) is 3.75. The largest absolute Gasteiger partial charge is 0.467 e. The van der Waals surface area contributed by atoms with Gasteiger partial charge in [-0.25, -0.2) is 4.79 Å². The van der Waals surface area contributed by atoms with Gasteiger partial charge in [0.2, 0.25) is 5.91 Å². The Morgan fingerprint density at radius 1 is 1.17 bits per heavy atom. The number of hydrogen-bond acceptors (Lipinski definition) is 4. The number of aliphatic hydroxyl groups excluding tert-OH is 1. The Hall–Kier alpha value is -1.36. The van der Waals surface area contributed by atoms with Crippen molar-refractivity contribution >= 4 is 11.9 Å². The Morgan fingerprint density at radius 2 is 1.88 bits per heavy atom. The highest BCUT2D eigenvalue weighted by molar-refractivity contribution is 5.84. The van der Waals surface area contributed by atoms with Crippen molar-refractivity contribution < 1.29 is 19.4 Å². The molecule has 2 N–H and O–H groups in total. The van der Waals surface area contributed by atoms with Gasteiger partial charge in [0.25, 0.3) is 0 Å². The molecule has 2 atom stereocenters. The molecule has 0 aromatic heterocycles. The van der Waals surface area contributed by atoms with Crippen LogP contribution in [0.5, 0.6) is 0 Å². The summed E-state index contributed by atoms with van der Waals surface area (Å²) in [6, 6.07) is -0.649. The molecule has 0 aromatic carbocycles. The van der Waals surface area contributed by atoms with Crippen LogP contribution in [0.3, 0.4) is 0 Å². The van der Waals surface area contributed by atoms with Gasteiger partial charge in [-0.3, -0.25) is 4.79 Å². The number of methoxy groups -OCH3 is 1. The number of allylic oxidation sites excluding steroid dienone is 1. The molecule has 0 rings (SSSR count). The van der Waals surface area contributed by atoms with E-state index in [0.717, 1.165) is 12.8 Å². The Morgan fingerprint density at radius 3 is 2.46 bits per heavy atom. The van der Waals surface area contributed by atoms with Crippen LogP contribution < -0.4 is 5.32 Å². The lowest BCUT2D eigenvalue weighted by Gasteiger charge is -2.19. The molecule has 0 aliphatic heterocycles. The maximum absolute atomic E-state index is 12.0. The van der Waals surface area contributed by atoms with E-state index in [1.54, 1.807) is 0 Å². The maximum atomic E-state index is 12.0. The first-order chi connectivity index (χ1) is 11.4. The molecule has 0 saturated carbocycles. The van der Waals surface area contributed by atoms with Gasteiger partial charge in [0.1, 0.15) is 6.04 Å². The highest BCUT2D eigenvalue weighted by atomic mass is 16.5. The van der Waals surface area contributed by atoms with E-state index in [0.29, 0.717) is 12.8 Å². The predicted molar refractivity (Wildman–Crippen MR) is 96.5 cm³/mol. The number of unbranched alkanes of at least 4 members (excludes halogenated alkanes) is 4. The van der Waals surface area contributed by atoms with Gasteiger partial charge in [-0.05, 0) is 31.6 Å². The predicted octanol–water partition coefficient (Wildman–Crippen LogP) is 3.36. The number of nitrogens with one attached hydrogen (secondary N) is 1. The lowest BCUT2D eigenvalue weighted by atomic mass is 10.0. The van der Waals surface area contributed by atoms with E-state index >= 15 is 0 Å². The Kier molecular flexibility index (Phi) is 13.2. The monoisotopic (exact) mass is 341 g/mol. The highest BCUT2D eigenvalue weighted by Crippen LogP contribution is 2.08. The molecular formula is C19H35NO4. The molecule has 0 fully saturated rings. The molecule has 24 heavy (non-hydrogen) atoms. The van der Waals surface area contributed by atoms with E-state index in [4.69, 9.17) is 4.74 Å². The van der Waals surface area contributed by atoms with Crippen LogP contribution in [0.4, 0.5) is 0 Å². The molecule has 0 aliphatic carbocycles. The second-order valence-electron chi connectivity index (χ2n) is 6.69.